The zero-order valence-corrected chi connectivity index (χ0v) is 17.0. The largest absolute Gasteiger partial charge is 0.497 e. The highest BCUT2D eigenvalue weighted by Gasteiger charge is 2.23. The number of furan rings is 1. The summed E-state index contributed by atoms with van der Waals surface area (Å²) in [5.74, 6) is 2.06. The van der Waals surface area contributed by atoms with Gasteiger partial charge in [-0.2, -0.15) is 0 Å². The molecular weight excluding hydrogens is 380 g/mol. The lowest BCUT2D eigenvalue weighted by atomic mass is 9.87. The second-order valence-electron chi connectivity index (χ2n) is 7.01. The van der Waals surface area contributed by atoms with Crippen molar-refractivity contribution in [3.8, 4) is 11.5 Å². The Bertz CT molecular complexity index is 1110. The topological polar surface area (TPSA) is 76.5 Å². The quantitative estimate of drug-likeness (QED) is 0.449. The fourth-order valence-corrected chi connectivity index (χ4v) is 3.72. The Hall–Kier alpha value is -3.67. The number of methoxy groups -OCH3 is 2. The van der Waals surface area contributed by atoms with Crippen LogP contribution < -0.4 is 14.8 Å². The number of aromatic amines is 1. The molecule has 4 aromatic rings. The molecule has 0 saturated heterocycles. The lowest BCUT2D eigenvalue weighted by Gasteiger charge is -2.18. The van der Waals surface area contributed by atoms with Crippen molar-refractivity contribution in [2.24, 2.45) is 0 Å². The van der Waals surface area contributed by atoms with Crippen LogP contribution in [0.1, 0.15) is 29.2 Å². The van der Waals surface area contributed by atoms with E-state index in [-0.39, 0.29) is 18.2 Å². The minimum Gasteiger partial charge on any atom is -0.497 e. The summed E-state index contributed by atoms with van der Waals surface area (Å²) in [6, 6.07) is 17.3. The summed E-state index contributed by atoms with van der Waals surface area (Å²) in [5.41, 5.74) is 3.01. The predicted octanol–water partition coefficient (Wildman–Crippen LogP) is 4.62. The summed E-state index contributed by atoms with van der Waals surface area (Å²) < 4.78 is 16.2. The molecule has 0 radical (unpaired) electrons. The number of amides is 1. The second kappa shape index (κ2) is 8.78. The first-order valence-corrected chi connectivity index (χ1v) is 9.76. The number of aromatic nitrogens is 1. The molecule has 2 heterocycles. The fraction of sp³-hybridized carbons (Fsp3) is 0.208. The predicted molar refractivity (Wildman–Crippen MR) is 115 cm³/mol. The number of hydrogen-bond acceptors (Lipinski definition) is 4. The van der Waals surface area contributed by atoms with E-state index >= 15 is 0 Å². The van der Waals surface area contributed by atoms with E-state index < -0.39 is 0 Å². The van der Waals surface area contributed by atoms with Gasteiger partial charge in [0.1, 0.15) is 17.3 Å². The monoisotopic (exact) mass is 404 g/mol. The molecule has 154 valence electrons. The highest BCUT2D eigenvalue weighted by Crippen LogP contribution is 2.38. The lowest BCUT2D eigenvalue weighted by molar-refractivity contribution is -0.121. The number of carbonyl (C=O) groups excluding carboxylic acids is 1. The molecule has 6 nitrogen and oxygen atoms in total. The number of hydrogen-bond donors (Lipinski definition) is 2. The third-order valence-corrected chi connectivity index (χ3v) is 5.24. The normalized spacial score (nSPS) is 11.9. The fourth-order valence-electron chi connectivity index (χ4n) is 3.72. The first-order chi connectivity index (χ1) is 14.7. The number of rotatable bonds is 8. The maximum atomic E-state index is 12.8. The average Bonchev–Trinajstić information content (AvgIpc) is 3.46. The Balaban J connectivity index is 1.67. The van der Waals surface area contributed by atoms with E-state index in [0.29, 0.717) is 6.54 Å². The molecular formula is C24H24N2O4. The SMILES string of the molecule is COc1ccc([C@H](CC(=O)NCc2ccco2)c2c[nH]c3cccc(OC)c23)cc1. The van der Waals surface area contributed by atoms with Crippen molar-refractivity contribution >= 4 is 16.8 Å². The van der Waals surface area contributed by atoms with Gasteiger partial charge in [0.2, 0.25) is 5.91 Å². The van der Waals surface area contributed by atoms with Crippen LogP contribution in [0.5, 0.6) is 11.5 Å². The maximum absolute atomic E-state index is 12.8. The zero-order valence-electron chi connectivity index (χ0n) is 17.0. The van der Waals surface area contributed by atoms with Crippen LogP contribution in [0.15, 0.2) is 71.5 Å². The first-order valence-electron chi connectivity index (χ1n) is 9.76. The summed E-state index contributed by atoms with van der Waals surface area (Å²) in [5, 5.41) is 3.93. The van der Waals surface area contributed by atoms with E-state index in [1.54, 1.807) is 26.5 Å². The molecule has 6 heteroatoms. The van der Waals surface area contributed by atoms with Gasteiger partial charge in [0.15, 0.2) is 0 Å². The van der Waals surface area contributed by atoms with Crippen molar-refractivity contribution in [1.82, 2.24) is 10.3 Å². The Morgan fingerprint density at radius 1 is 1.07 bits per heavy atom. The maximum Gasteiger partial charge on any atom is 0.221 e. The van der Waals surface area contributed by atoms with Crippen molar-refractivity contribution in [3.63, 3.8) is 0 Å². The van der Waals surface area contributed by atoms with E-state index in [2.05, 4.69) is 10.3 Å². The number of nitrogens with one attached hydrogen (secondary N) is 2. The van der Waals surface area contributed by atoms with E-state index in [1.807, 2.05) is 54.7 Å². The molecule has 2 aromatic heterocycles. The molecule has 0 unspecified atom stereocenters. The van der Waals surface area contributed by atoms with Crippen molar-refractivity contribution in [1.29, 1.82) is 0 Å². The van der Waals surface area contributed by atoms with Crippen molar-refractivity contribution in [2.75, 3.05) is 14.2 Å². The Morgan fingerprint density at radius 2 is 1.90 bits per heavy atom. The molecule has 0 saturated carbocycles. The van der Waals surface area contributed by atoms with Crippen molar-refractivity contribution < 1.29 is 18.7 Å². The van der Waals surface area contributed by atoms with Gasteiger partial charge in [-0.05, 0) is 47.5 Å². The molecule has 0 bridgehead atoms. The zero-order chi connectivity index (χ0) is 20.9. The van der Waals surface area contributed by atoms with Gasteiger partial charge in [0.25, 0.3) is 0 Å². The van der Waals surface area contributed by atoms with E-state index in [9.17, 15) is 4.79 Å². The first kappa shape index (κ1) is 19.6. The smallest absolute Gasteiger partial charge is 0.221 e. The van der Waals surface area contributed by atoms with Gasteiger partial charge in [0, 0.05) is 29.4 Å². The van der Waals surface area contributed by atoms with Crippen molar-refractivity contribution in [2.45, 2.75) is 18.9 Å². The summed E-state index contributed by atoms with van der Waals surface area (Å²) >= 11 is 0. The van der Waals surface area contributed by atoms with E-state index in [0.717, 1.165) is 39.3 Å². The molecule has 0 aliphatic carbocycles. The second-order valence-corrected chi connectivity index (χ2v) is 7.01. The van der Waals surface area contributed by atoms with Crippen LogP contribution >= 0.6 is 0 Å². The number of benzene rings is 2. The van der Waals surface area contributed by atoms with E-state index in [1.165, 1.54) is 0 Å². The van der Waals surface area contributed by atoms with Gasteiger partial charge in [-0.15, -0.1) is 0 Å². The minimum atomic E-state index is -0.155. The third kappa shape index (κ3) is 4.03. The number of carbonyl (C=O) groups is 1. The minimum absolute atomic E-state index is 0.0588. The molecule has 0 aliphatic heterocycles. The summed E-state index contributed by atoms with van der Waals surface area (Å²) in [4.78, 5) is 16.1. The summed E-state index contributed by atoms with van der Waals surface area (Å²) in [6.45, 7) is 0.359. The van der Waals surface area contributed by atoms with Crippen LogP contribution in [0.2, 0.25) is 0 Å². The summed E-state index contributed by atoms with van der Waals surface area (Å²) in [7, 11) is 3.29. The number of fused-ring (bicyclic) bond motifs is 1. The molecule has 30 heavy (non-hydrogen) atoms. The third-order valence-electron chi connectivity index (χ3n) is 5.24. The van der Waals surface area contributed by atoms with Gasteiger partial charge in [0.05, 0.1) is 27.0 Å². The van der Waals surface area contributed by atoms with Crippen LogP contribution in [0.3, 0.4) is 0 Å². The molecule has 1 amide bonds. The van der Waals surface area contributed by atoms with Crippen LogP contribution in [-0.4, -0.2) is 25.1 Å². The van der Waals surface area contributed by atoms with Gasteiger partial charge >= 0.3 is 0 Å². The van der Waals surface area contributed by atoms with Gasteiger partial charge in [-0.1, -0.05) is 18.2 Å². The van der Waals surface area contributed by atoms with E-state index in [4.69, 9.17) is 13.9 Å². The molecule has 1 atom stereocenters. The Kier molecular flexibility index (Phi) is 5.75. The Morgan fingerprint density at radius 3 is 2.60 bits per heavy atom. The molecule has 0 fully saturated rings. The standard InChI is InChI=1S/C24H24N2O4/c1-28-17-10-8-16(9-11-17)19(13-23(27)26-14-18-5-4-12-30-18)20-15-25-21-6-3-7-22(29-2)24(20)21/h3-12,15,19,25H,13-14H2,1-2H3,(H,26,27)/t19-/m0/s1. The molecule has 4 rings (SSSR count). The molecule has 0 aliphatic rings. The summed E-state index contributed by atoms with van der Waals surface area (Å²) in [6.07, 6.45) is 3.85. The number of H-pyrrole nitrogens is 1. The molecule has 0 spiro atoms. The van der Waals surface area contributed by atoms with Gasteiger partial charge in [-0.25, -0.2) is 0 Å². The van der Waals surface area contributed by atoms with Gasteiger partial charge < -0.3 is 24.2 Å². The number of ether oxygens (including phenoxy) is 2. The van der Waals surface area contributed by atoms with Crippen molar-refractivity contribution in [3.05, 3.63) is 83.9 Å². The van der Waals surface area contributed by atoms with Crippen LogP contribution in [0.4, 0.5) is 0 Å². The lowest BCUT2D eigenvalue weighted by Crippen LogP contribution is -2.24. The highest BCUT2D eigenvalue weighted by molar-refractivity contribution is 5.91. The van der Waals surface area contributed by atoms with Gasteiger partial charge in [-0.3, -0.25) is 4.79 Å². The van der Waals surface area contributed by atoms with Crippen LogP contribution in [0.25, 0.3) is 10.9 Å². The van der Waals surface area contributed by atoms with Crippen LogP contribution in [-0.2, 0) is 11.3 Å². The molecule has 2 N–H and O–H groups in total. The average molecular weight is 404 g/mol. The molecule has 2 aromatic carbocycles. The highest BCUT2D eigenvalue weighted by atomic mass is 16.5. The van der Waals surface area contributed by atoms with Crippen LogP contribution in [0, 0.1) is 0 Å². The Labute approximate surface area is 174 Å².